The summed E-state index contributed by atoms with van der Waals surface area (Å²) in [4.78, 5) is 13.3. The molecule has 2 aromatic carbocycles. The highest BCUT2D eigenvalue weighted by molar-refractivity contribution is 7.98. The van der Waals surface area contributed by atoms with Gasteiger partial charge < -0.3 is 10.1 Å². The average Bonchev–Trinajstić information content (AvgIpc) is 2.74. The number of hydrogen-bond acceptors (Lipinski definition) is 7. The number of ether oxygens (including phenoxy) is 1. The lowest BCUT2D eigenvalue weighted by molar-refractivity contribution is -0.119. The number of amides is 1. The van der Waals surface area contributed by atoms with Gasteiger partial charge in [0.1, 0.15) is 18.9 Å². The molecule has 0 spiro atoms. The van der Waals surface area contributed by atoms with Gasteiger partial charge in [0.05, 0.1) is 23.4 Å². The van der Waals surface area contributed by atoms with E-state index in [-0.39, 0.29) is 24.6 Å². The van der Waals surface area contributed by atoms with Crippen LogP contribution in [0.2, 0.25) is 0 Å². The third-order valence-electron chi connectivity index (χ3n) is 4.32. The molecule has 176 valence electrons. The van der Waals surface area contributed by atoms with Crippen molar-refractivity contribution in [3.63, 3.8) is 0 Å². The molecule has 0 aliphatic carbocycles. The number of rotatable bonds is 11. The Kier molecular flexibility index (Phi) is 8.96. The van der Waals surface area contributed by atoms with Crippen LogP contribution in [0.3, 0.4) is 0 Å². The van der Waals surface area contributed by atoms with E-state index in [2.05, 4.69) is 5.32 Å². The fraction of sp³-hybridized carbons (Fsp3) is 0.350. The summed E-state index contributed by atoms with van der Waals surface area (Å²) in [5.74, 6) is -0.0235. The highest BCUT2D eigenvalue weighted by Gasteiger charge is 2.21. The SMILES string of the molecule is CSc1cccc(N(CC(=O)NCCOc2ccc(S(=O)(=O)N(C)C)cc2)S(C)(=O)=O)c1. The van der Waals surface area contributed by atoms with E-state index >= 15 is 0 Å². The second-order valence-corrected chi connectivity index (χ2v) is 11.9. The van der Waals surface area contributed by atoms with Crippen molar-refractivity contribution in [3.05, 3.63) is 48.5 Å². The van der Waals surface area contributed by atoms with Gasteiger partial charge in [0.25, 0.3) is 0 Å². The summed E-state index contributed by atoms with van der Waals surface area (Å²) in [5, 5.41) is 2.63. The molecular formula is C20H27N3O6S3. The zero-order valence-electron chi connectivity index (χ0n) is 18.3. The van der Waals surface area contributed by atoms with Crippen LogP contribution in [0.1, 0.15) is 0 Å². The number of hydrogen-bond donors (Lipinski definition) is 1. The summed E-state index contributed by atoms with van der Waals surface area (Å²) in [5.41, 5.74) is 0.415. The molecule has 0 radical (unpaired) electrons. The Morgan fingerprint density at radius 3 is 2.28 bits per heavy atom. The third-order valence-corrected chi connectivity index (χ3v) is 8.02. The Labute approximate surface area is 193 Å². The zero-order chi connectivity index (χ0) is 23.9. The van der Waals surface area contributed by atoms with Crippen LogP contribution in [0.4, 0.5) is 5.69 Å². The topological polar surface area (TPSA) is 113 Å². The normalized spacial score (nSPS) is 11.9. The first-order valence-corrected chi connectivity index (χ1v) is 14.0. The first-order chi connectivity index (χ1) is 14.9. The van der Waals surface area contributed by atoms with Gasteiger partial charge in [-0.05, 0) is 48.7 Å². The lowest BCUT2D eigenvalue weighted by Crippen LogP contribution is -2.41. The highest BCUT2D eigenvalue weighted by Crippen LogP contribution is 2.23. The smallest absolute Gasteiger partial charge is 0.242 e. The lowest BCUT2D eigenvalue weighted by Gasteiger charge is -2.22. The molecule has 0 atom stereocenters. The zero-order valence-corrected chi connectivity index (χ0v) is 20.8. The summed E-state index contributed by atoms with van der Waals surface area (Å²) in [6.07, 6.45) is 2.93. The maximum Gasteiger partial charge on any atom is 0.242 e. The van der Waals surface area contributed by atoms with Crippen LogP contribution >= 0.6 is 11.8 Å². The summed E-state index contributed by atoms with van der Waals surface area (Å²) in [6.45, 7) is -0.0703. The maximum absolute atomic E-state index is 12.3. The van der Waals surface area contributed by atoms with Crippen LogP contribution in [0.5, 0.6) is 5.75 Å². The predicted octanol–water partition coefficient (Wildman–Crippen LogP) is 1.62. The van der Waals surface area contributed by atoms with Crippen LogP contribution in [0.25, 0.3) is 0 Å². The van der Waals surface area contributed by atoms with Crippen molar-refractivity contribution in [2.45, 2.75) is 9.79 Å². The minimum Gasteiger partial charge on any atom is -0.492 e. The van der Waals surface area contributed by atoms with Crippen molar-refractivity contribution in [1.29, 1.82) is 0 Å². The van der Waals surface area contributed by atoms with Gasteiger partial charge in [-0.25, -0.2) is 21.1 Å². The molecule has 32 heavy (non-hydrogen) atoms. The maximum atomic E-state index is 12.3. The summed E-state index contributed by atoms with van der Waals surface area (Å²) < 4.78 is 56.2. The summed E-state index contributed by atoms with van der Waals surface area (Å²) >= 11 is 1.47. The van der Waals surface area contributed by atoms with E-state index in [1.165, 1.54) is 50.1 Å². The molecule has 0 aliphatic rings. The number of nitrogens with one attached hydrogen (secondary N) is 1. The van der Waals surface area contributed by atoms with Gasteiger partial charge in [-0.1, -0.05) is 6.07 Å². The van der Waals surface area contributed by atoms with Crippen molar-refractivity contribution in [2.24, 2.45) is 0 Å². The fourth-order valence-electron chi connectivity index (χ4n) is 2.63. The molecule has 1 amide bonds. The Balaban J connectivity index is 1.90. The Hall–Kier alpha value is -2.28. The quantitative estimate of drug-likeness (QED) is 0.368. The molecule has 2 rings (SSSR count). The molecule has 0 unspecified atom stereocenters. The van der Waals surface area contributed by atoms with Gasteiger partial charge in [0.15, 0.2) is 0 Å². The molecule has 0 fully saturated rings. The first-order valence-electron chi connectivity index (χ1n) is 9.49. The minimum atomic E-state index is -3.65. The highest BCUT2D eigenvalue weighted by atomic mass is 32.2. The predicted molar refractivity (Wildman–Crippen MR) is 126 cm³/mol. The van der Waals surface area contributed by atoms with Gasteiger partial charge in [-0.3, -0.25) is 9.10 Å². The summed E-state index contributed by atoms with van der Waals surface area (Å²) in [7, 11) is -4.27. The number of carbonyl (C=O) groups is 1. The minimum absolute atomic E-state index is 0.131. The molecule has 0 saturated heterocycles. The van der Waals surface area contributed by atoms with Crippen LogP contribution < -0.4 is 14.4 Å². The molecular weight excluding hydrogens is 474 g/mol. The standard InChI is InChI=1S/C20H27N3O6S3/c1-22(2)32(27,28)19-10-8-17(9-11-19)29-13-12-21-20(24)15-23(31(4,25)26)16-6-5-7-18(14-16)30-3/h5-11,14H,12-13,15H2,1-4H3,(H,21,24). The van der Waals surface area contributed by atoms with E-state index in [1.807, 2.05) is 12.3 Å². The van der Waals surface area contributed by atoms with Crippen molar-refractivity contribution < 1.29 is 26.4 Å². The van der Waals surface area contributed by atoms with E-state index in [9.17, 15) is 21.6 Å². The van der Waals surface area contributed by atoms with E-state index < -0.39 is 26.0 Å². The molecule has 2 aromatic rings. The van der Waals surface area contributed by atoms with E-state index in [1.54, 1.807) is 18.2 Å². The molecule has 0 heterocycles. The van der Waals surface area contributed by atoms with Gasteiger partial charge in [-0.15, -0.1) is 11.8 Å². The fourth-order valence-corrected chi connectivity index (χ4v) is 4.83. The molecule has 0 aromatic heterocycles. The Morgan fingerprint density at radius 1 is 1.06 bits per heavy atom. The van der Waals surface area contributed by atoms with Gasteiger partial charge in [-0.2, -0.15) is 0 Å². The van der Waals surface area contributed by atoms with Crippen LogP contribution in [0.15, 0.2) is 58.3 Å². The number of benzene rings is 2. The van der Waals surface area contributed by atoms with E-state index in [0.717, 1.165) is 19.8 Å². The monoisotopic (exact) mass is 501 g/mol. The molecule has 0 bridgehead atoms. The van der Waals surface area contributed by atoms with Crippen molar-refractivity contribution in [3.8, 4) is 5.75 Å². The number of carbonyl (C=O) groups excluding carboxylic acids is 1. The van der Waals surface area contributed by atoms with E-state index in [4.69, 9.17) is 4.74 Å². The average molecular weight is 502 g/mol. The second kappa shape index (κ2) is 11.0. The molecule has 12 heteroatoms. The molecule has 1 N–H and O–H groups in total. The van der Waals surface area contributed by atoms with Crippen LogP contribution in [0, 0.1) is 0 Å². The largest absolute Gasteiger partial charge is 0.492 e. The van der Waals surface area contributed by atoms with Crippen molar-refractivity contribution in [1.82, 2.24) is 9.62 Å². The van der Waals surface area contributed by atoms with Crippen molar-refractivity contribution in [2.75, 3.05) is 50.6 Å². The van der Waals surface area contributed by atoms with Gasteiger partial charge >= 0.3 is 0 Å². The molecule has 0 saturated carbocycles. The van der Waals surface area contributed by atoms with E-state index in [0.29, 0.717) is 11.4 Å². The second-order valence-electron chi connectivity index (χ2n) is 6.93. The first kappa shape index (κ1) is 26.0. The van der Waals surface area contributed by atoms with Crippen LogP contribution in [-0.2, 0) is 24.8 Å². The number of nitrogens with zero attached hydrogens (tertiary/aromatic N) is 2. The summed E-state index contributed by atoms with van der Waals surface area (Å²) in [6, 6.07) is 12.9. The Morgan fingerprint density at radius 2 is 1.72 bits per heavy atom. The lowest BCUT2D eigenvalue weighted by atomic mass is 10.3. The third kappa shape index (κ3) is 7.12. The number of sulfonamides is 2. The van der Waals surface area contributed by atoms with Crippen LogP contribution in [-0.4, -0.2) is 73.4 Å². The van der Waals surface area contributed by atoms with Crippen molar-refractivity contribution >= 4 is 43.4 Å². The number of thioether (sulfide) groups is 1. The number of anilines is 1. The van der Waals surface area contributed by atoms with Gasteiger partial charge in [0, 0.05) is 19.0 Å². The molecule has 9 nitrogen and oxygen atoms in total. The Bertz CT molecular complexity index is 1130. The van der Waals surface area contributed by atoms with Gasteiger partial charge in [0.2, 0.25) is 26.0 Å². The molecule has 0 aliphatic heterocycles.